The van der Waals surface area contributed by atoms with Crippen molar-refractivity contribution in [2.75, 3.05) is 5.32 Å². The van der Waals surface area contributed by atoms with Crippen LogP contribution in [0.25, 0.3) is 0 Å². The van der Waals surface area contributed by atoms with Gasteiger partial charge >= 0.3 is 0 Å². The number of thioether (sulfide) groups is 1. The molecule has 1 rings (SSSR count). The van der Waals surface area contributed by atoms with Gasteiger partial charge in [0.15, 0.2) is 0 Å². The highest BCUT2D eigenvalue weighted by Gasteiger charge is 2.04. The minimum atomic E-state index is 0.00111. The lowest BCUT2D eigenvalue weighted by Gasteiger charge is -2.05. The molecule has 0 bridgehead atoms. The van der Waals surface area contributed by atoms with Gasteiger partial charge in [-0.2, -0.15) is 0 Å². The van der Waals surface area contributed by atoms with Crippen LogP contribution in [0, 0.1) is 0 Å². The first-order valence-electron chi connectivity index (χ1n) is 4.21. The molecule has 0 atom stereocenters. The first-order chi connectivity index (χ1) is 6.18. The Balaban J connectivity index is 2.46. The molecule has 0 saturated carbocycles. The van der Waals surface area contributed by atoms with E-state index in [-0.39, 0.29) is 5.24 Å². The molecule has 0 aliphatic heterocycles. The monoisotopic (exact) mass is 195 g/mol. The zero-order chi connectivity index (χ0) is 9.68. The van der Waals surface area contributed by atoms with Crippen molar-refractivity contribution >= 4 is 22.7 Å². The molecule has 1 aromatic carbocycles. The predicted octanol–water partition coefficient (Wildman–Crippen LogP) is 3.36. The van der Waals surface area contributed by atoms with E-state index in [0.717, 1.165) is 5.69 Å². The number of hydrogen-bond donors (Lipinski definition) is 1. The predicted molar refractivity (Wildman–Crippen MR) is 58.2 cm³/mol. The van der Waals surface area contributed by atoms with Crippen LogP contribution in [-0.4, -0.2) is 10.5 Å². The van der Waals surface area contributed by atoms with Crippen LogP contribution in [0.15, 0.2) is 30.3 Å². The fraction of sp³-hybridized carbons (Fsp3) is 0.300. The maximum Gasteiger partial charge on any atom is 0.283 e. The summed E-state index contributed by atoms with van der Waals surface area (Å²) in [7, 11) is 0. The summed E-state index contributed by atoms with van der Waals surface area (Å²) in [5, 5.41) is 3.12. The van der Waals surface area contributed by atoms with E-state index < -0.39 is 0 Å². The molecule has 0 unspecified atom stereocenters. The molecule has 0 aliphatic rings. The lowest BCUT2D eigenvalue weighted by atomic mass is 10.3. The molecule has 1 amide bonds. The summed E-state index contributed by atoms with van der Waals surface area (Å²) in [6.07, 6.45) is 0. The molecule has 3 heteroatoms. The molecule has 0 spiro atoms. The zero-order valence-corrected chi connectivity index (χ0v) is 8.60. The first kappa shape index (κ1) is 10.1. The number of carbonyl (C=O) groups excluding carboxylic acids is 1. The van der Waals surface area contributed by atoms with Crippen molar-refractivity contribution in [3.8, 4) is 0 Å². The molecule has 0 aromatic heterocycles. The fourth-order valence-electron chi connectivity index (χ4n) is 0.883. The smallest absolute Gasteiger partial charge is 0.283 e. The van der Waals surface area contributed by atoms with Crippen molar-refractivity contribution in [1.29, 1.82) is 0 Å². The minimum absolute atomic E-state index is 0.00111. The van der Waals surface area contributed by atoms with Crippen LogP contribution in [0.2, 0.25) is 0 Å². The van der Waals surface area contributed by atoms with Gasteiger partial charge in [0.05, 0.1) is 0 Å². The number of para-hydroxylation sites is 1. The number of nitrogens with one attached hydrogen (secondary N) is 1. The quantitative estimate of drug-likeness (QED) is 0.784. The summed E-state index contributed by atoms with van der Waals surface area (Å²) >= 11 is 1.30. The zero-order valence-electron chi connectivity index (χ0n) is 7.78. The number of hydrogen-bond acceptors (Lipinski definition) is 2. The summed E-state index contributed by atoms with van der Waals surface area (Å²) in [4.78, 5) is 11.3. The normalized spacial score (nSPS) is 10.1. The highest BCUT2D eigenvalue weighted by atomic mass is 32.2. The Kier molecular flexibility index (Phi) is 3.83. The van der Waals surface area contributed by atoms with Crippen LogP contribution in [0.4, 0.5) is 10.5 Å². The molecule has 0 fully saturated rings. The van der Waals surface area contributed by atoms with Gasteiger partial charge in [0.1, 0.15) is 0 Å². The molecule has 2 nitrogen and oxygen atoms in total. The highest BCUT2D eigenvalue weighted by molar-refractivity contribution is 8.14. The molecule has 0 saturated heterocycles. The van der Waals surface area contributed by atoms with Crippen LogP contribution in [0.5, 0.6) is 0 Å². The third kappa shape index (κ3) is 3.99. The van der Waals surface area contributed by atoms with Gasteiger partial charge in [0, 0.05) is 10.9 Å². The Labute approximate surface area is 82.7 Å². The van der Waals surface area contributed by atoms with Crippen molar-refractivity contribution < 1.29 is 4.79 Å². The summed E-state index contributed by atoms with van der Waals surface area (Å²) in [6.45, 7) is 3.99. The number of rotatable bonds is 2. The summed E-state index contributed by atoms with van der Waals surface area (Å²) in [5.74, 6) is 0. The molecule has 1 N–H and O–H groups in total. The van der Waals surface area contributed by atoms with E-state index in [1.807, 2.05) is 44.2 Å². The highest BCUT2D eigenvalue weighted by Crippen LogP contribution is 2.14. The maximum atomic E-state index is 11.3. The van der Waals surface area contributed by atoms with E-state index in [4.69, 9.17) is 0 Å². The van der Waals surface area contributed by atoms with Crippen molar-refractivity contribution in [2.24, 2.45) is 0 Å². The maximum absolute atomic E-state index is 11.3. The summed E-state index contributed by atoms with van der Waals surface area (Å²) in [6, 6.07) is 9.47. The Morgan fingerprint density at radius 1 is 1.31 bits per heavy atom. The Hall–Kier alpha value is -0.960. The Morgan fingerprint density at radius 3 is 2.46 bits per heavy atom. The van der Waals surface area contributed by atoms with E-state index in [2.05, 4.69) is 5.32 Å². The van der Waals surface area contributed by atoms with Crippen LogP contribution >= 0.6 is 11.8 Å². The van der Waals surface area contributed by atoms with Gasteiger partial charge in [-0.1, -0.05) is 43.8 Å². The van der Waals surface area contributed by atoms with Gasteiger partial charge in [0.2, 0.25) is 0 Å². The SMILES string of the molecule is CC(C)SC(=O)Nc1ccccc1. The fourth-order valence-corrected chi connectivity index (χ4v) is 1.49. The average molecular weight is 195 g/mol. The largest absolute Gasteiger partial charge is 0.317 e. The lowest BCUT2D eigenvalue weighted by molar-refractivity contribution is 0.269. The second-order valence-corrected chi connectivity index (χ2v) is 4.49. The number of benzene rings is 1. The molecule has 13 heavy (non-hydrogen) atoms. The third-order valence-electron chi connectivity index (χ3n) is 1.36. The van der Waals surface area contributed by atoms with Gasteiger partial charge < -0.3 is 5.32 Å². The molecular weight excluding hydrogens is 182 g/mol. The van der Waals surface area contributed by atoms with E-state index in [1.54, 1.807) is 0 Å². The number of anilines is 1. The van der Waals surface area contributed by atoms with Gasteiger partial charge in [-0.3, -0.25) is 4.79 Å². The van der Waals surface area contributed by atoms with Gasteiger partial charge in [0.25, 0.3) is 5.24 Å². The Morgan fingerprint density at radius 2 is 1.92 bits per heavy atom. The number of carbonyl (C=O) groups is 1. The second-order valence-electron chi connectivity index (χ2n) is 2.95. The van der Waals surface area contributed by atoms with E-state index in [0.29, 0.717) is 5.25 Å². The average Bonchev–Trinajstić information content (AvgIpc) is 2.04. The van der Waals surface area contributed by atoms with Crippen molar-refractivity contribution in [3.05, 3.63) is 30.3 Å². The van der Waals surface area contributed by atoms with Crippen LogP contribution in [0.1, 0.15) is 13.8 Å². The van der Waals surface area contributed by atoms with Crippen molar-refractivity contribution in [2.45, 2.75) is 19.1 Å². The first-order valence-corrected chi connectivity index (χ1v) is 5.09. The van der Waals surface area contributed by atoms with E-state index in [1.165, 1.54) is 11.8 Å². The van der Waals surface area contributed by atoms with Crippen molar-refractivity contribution in [1.82, 2.24) is 0 Å². The Bertz CT molecular complexity index is 272. The molecule has 0 aliphatic carbocycles. The van der Waals surface area contributed by atoms with Crippen LogP contribution < -0.4 is 5.32 Å². The minimum Gasteiger partial charge on any atom is -0.317 e. The van der Waals surface area contributed by atoms with Crippen LogP contribution in [0.3, 0.4) is 0 Å². The topological polar surface area (TPSA) is 29.1 Å². The summed E-state index contributed by atoms with van der Waals surface area (Å²) < 4.78 is 0. The molecule has 70 valence electrons. The van der Waals surface area contributed by atoms with Gasteiger partial charge in [-0.05, 0) is 12.1 Å². The lowest BCUT2D eigenvalue weighted by Crippen LogP contribution is -2.07. The molecule has 0 radical (unpaired) electrons. The standard InChI is InChI=1S/C10H13NOS/c1-8(2)13-10(12)11-9-6-4-3-5-7-9/h3-8H,1-2H3,(H,11,12). The van der Waals surface area contributed by atoms with Crippen molar-refractivity contribution in [3.63, 3.8) is 0 Å². The van der Waals surface area contributed by atoms with Gasteiger partial charge in [-0.15, -0.1) is 0 Å². The number of amides is 1. The van der Waals surface area contributed by atoms with E-state index in [9.17, 15) is 4.79 Å². The molecule has 1 aromatic rings. The van der Waals surface area contributed by atoms with Gasteiger partial charge in [-0.25, -0.2) is 0 Å². The summed E-state index contributed by atoms with van der Waals surface area (Å²) in [5.41, 5.74) is 0.848. The van der Waals surface area contributed by atoms with E-state index >= 15 is 0 Å². The second kappa shape index (κ2) is 4.92. The molecular formula is C10H13NOS. The third-order valence-corrected chi connectivity index (χ3v) is 2.15. The van der Waals surface area contributed by atoms with Crippen LogP contribution in [-0.2, 0) is 0 Å². The molecule has 0 heterocycles.